The predicted molar refractivity (Wildman–Crippen MR) is 82.3 cm³/mol. The highest BCUT2D eigenvalue weighted by molar-refractivity contribution is 7.98. The second-order valence-corrected chi connectivity index (χ2v) is 5.76. The van der Waals surface area contributed by atoms with Crippen LogP contribution in [-0.4, -0.2) is 15.0 Å². The fourth-order valence-corrected chi connectivity index (χ4v) is 2.96. The number of thioether (sulfide) groups is 1. The normalized spacial score (nSPS) is 10.6. The average molecular weight is 304 g/mol. The van der Waals surface area contributed by atoms with Crippen molar-refractivity contribution in [2.45, 2.75) is 31.1 Å². The summed E-state index contributed by atoms with van der Waals surface area (Å²) in [5.41, 5.74) is 2.94. The Kier molecular flexibility index (Phi) is 4.93. The monoisotopic (exact) mass is 304 g/mol. The molecule has 6 heteroatoms. The first-order chi connectivity index (χ1) is 10.0. The minimum atomic E-state index is -0.351. The zero-order valence-corrected chi connectivity index (χ0v) is 12.7. The molecule has 0 spiro atoms. The Bertz CT molecular complexity index is 657. The van der Waals surface area contributed by atoms with E-state index in [1.54, 1.807) is 31.8 Å². The largest absolute Gasteiger partial charge is 0.392 e. The molecule has 0 saturated heterocycles. The molecule has 0 saturated carbocycles. The summed E-state index contributed by atoms with van der Waals surface area (Å²) in [6, 6.07) is 7.57. The van der Waals surface area contributed by atoms with Gasteiger partial charge in [0.05, 0.1) is 17.2 Å². The van der Waals surface area contributed by atoms with Crippen molar-refractivity contribution >= 4 is 17.4 Å². The number of aromatic nitrogens is 1. The number of aliphatic hydroxyl groups excluding tert-OH is 1. The first kappa shape index (κ1) is 15.5. The average Bonchev–Trinajstić information content (AvgIpc) is 2.46. The SMILES string of the molecule is Cc1cnc(CSc2ccc(CO)cc2)c(C)c1[N+](=O)[O-]. The molecule has 0 unspecified atom stereocenters. The van der Waals surface area contributed by atoms with Gasteiger partial charge < -0.3 is 5.11 Å². The van der Waals surface area contributed by atoms with Gasteiger partial charge in [-0.3, -0.25) is 15.1 Å². The summed E-state index contributed by atoms with van der Waals surface area (Å²) in [6.07, 6.45) is 1.55. The maximum absolute atomic E-state index is 11.1. The van der Waals surface area contributed by atoms with E-state index in [2.05, 4.69) is 4.98 Å². The number of rotatable bonds is 5. The maximum Gasteiger partial charge on any atom is 0.278 e. The van der Waals surface area contributed by atoms with Crippen LogP contribution in [0.3, 0.4) is 0 Å². The van der Waals surface area contributed by atoms with Gasteiger partial charge in [0.2, 0.25) is 0 Å². The molecular weight excluding hydrogens is 288 g/mol. The number of nitro groups is 1. The lowest BCUT2D eigenvalue weighted by atomic mass is 10.1. The first-order valence-corrected chi connectivity index (χ1v) is 7.43. The second kappa shape index (κ2) is 6.69. The van der Waals surface area contributed by atoms with Gasteiger partial charge in [0.25, 0.3) is 5.69 Å². The van der Waals surface area contributed by atoms with Gasteiger partial charge in [-0.25, -0.2) is 0 Å². The van der Waals surface area contributed by atoms with E-state index in [4.69, 9.17) is 5.11 Å². The van der Waals surface area contributed by atoms with Crippen LogP contribution < -0.4 is 0 Å². The van der Waals surface area contributed by atoms with E-state index in [-0.39, 0.29) is 17.2 Å². The Morgan fingerprint density at radius 1 is 1.29 bits per heavy atom. The van der Waals surface area contributed by atoms with E-state index in [1.165, 1.54) is 0 Å². The van der Waals surface area contributed by atoms with Crippen molar-refractivity contribution < 1.29 is 10.0 Å². The lowest BCUT2D eigenvalue weighted by molar-refractivity contribution is -0.386. The van der Waals surface area contributed by atoms with E-state index in [0.29, 0.717) is 16.9 Å². The summed E-state index contributed by atoms with van der Waals surface area (Å²) >= 11 is 1.57. The van der Waals surface area contributed by atoms with E-state index in [9.17, 15) is 10.1 Å². The van der Waals surface area contributed by atoms with Gasteiger partial charge in [-0.05, 0) is 31.5 Å². The van der Waals surface area contributed by atoms with Crippen molar-refractivity contribution in [2.75, 3.05) is 0 Å². The van der Waals surface area contributed by atoms with E-state index in [1.807, 2.05) is 24.3 Å². The molecule has 0 bridgehead atoms. The summed E-state index contributed by atoms with van der Waals surface area (Å²) in [6.45, 7) is 3.46. The topological polar surface area (TPSA) is 76.3 Å². The van der Waals surface area contributed by atoms with Gasteiger partial charge in [0.15, 0.2) is 0 Å². The smallest absolute Gasteiger partial charge is 0.278 e. The molecule has 0 amide bonds. The minimum absolute atomic E-state index is 0.0236. The molecule has 2 rings (SSSR count). The molecule has 110 valence electrons. The highest BCUT2D eigenvalue weighted by Crippen LogP contribution is 2.29. The second-order valence-electron chi connectivity index (χ2n) is 4.71. The van der Waals surface area contributed by atoms with Crippen LogP contribution in [-0.2, 0) is 12.4 Å². The highest BCUT2D eigenvalue weighted by atomic mass is 32.2. The molecule has 2 aromatic rings. The van der Waals surface area contributed by atoms with Crippen LogP contribution in [0.2, 0.25) is 0 Å². The zero-order valence-electron chi connectivity index (χ0n) is 11.9. The molecule has 0 fully saturated rings. The van der Waals surface area contributed by atoms with Crippen LogP contribution in [0, 0.1) is 24.0 Å². The van der Waals surface area contributed by atoms with Crippen LogP contribution in [0.4, 0.5) is 5.69 Å². The Labute approximate surface area is 127 Å². The van der Waals surface area contributed by atoms with Crippen molar-refractivity contribution in [1.82, 2.24) is 4.98 Å². The molecule has 1 aromatic heterocycles. The molecule has 5 nitrogen and oxygen atoms in total. The molecule has 0 atom stereocenters. The van der Waals surface area contributed by atoms with Gasteiger partial charge in [0, 0.05) is 28.0 Å². The third-order valence-electron chi connectivity index (χ3n) is 3.24. The fraction of sp³-hybridized carbons (Fsp3) is 0.267. The number of benzene rings is 1. The lowest BCUT2D eigenvalue weighted by Gasteiger charge is -2.07. The zero-order chi connectivity index (χ0) is 15.4. The molecule has 0 aliphatic heterocycles. The molecule has 1 heterocycles. The van der Waals surface area contributed by atoms with Crippen molar-refractivity contribution in [3.05, 3.63) is 63.0 Å². The fourth-order valence-electron chi connectivity index (χ4n) is 2.03. The molecule has 0 radical (unpaired) electrons. The molecular formula is C15H16N2O3S. The third kappa shape index (κ3) is 3.59. The summed E-state index contributed by atoms with van der Waals surface area (Å²) in [5.74, 6) is 0.575. The van der Waals surface area contributed by atoms with Crippen LogP contribution in [0.5, 0.6) is 0 Å². The van der Waals surface area contributed by atoms with Gasteiger partial charge in [-0.1, -0.05) is 12.1 Å². The molecule has 1 aromatic carbocycles. The number of pyridine rings is 1. The Balaban J connectivity index is 2.16. The van der Waals surface area contributed by atoms with Gasteiger partial charge in [0.1, 0.15) is 0 Å². The van der Waals surface area contributed by atoms with Crippen LogP contribution in [0.15, 0.2) is 35.4 Å². The van der Waals surface area contributed by atoms with Crippen molar-refractivity contribution in [3.63, 3.8) is 0 Å². The molecule has 0 aliphatic rings. The highest BCUT2D eigenvalue weighted by Gasteiger charge is 2.18. The number of hydrogen-bond donors (Lipinski definition) is 1. The molecule has 21 heavy (non-hydrogen) atoms. The minimum Gasteiger partial charge on any atom is -0.392 e. The van der Waals surface area contributed by atoms with E-state index < -0.39 is 0 Å². The van der Waals surface area contributed by atoms with E-state index in [0.717, 1.165) is 16.2 Å². The molecule has 1 N–H and O–H groups in total. The number of hydrogen-bond acceptors (Lipinski definition) is 5. The number of aliphatic hydroxyl groups is 1. The van der Waals surface area contributed by atoms with Crippen LogP contribution in [0.25, 0.3) is 0 Å². The van der Waals surface area contributed by atoms with Crippen LogP contribution in [0.1, 0.15) is 22.4 Å². The number of aryl methyl sites for hydroxylation is 1. The Morgan fingerprint density at radius 3 is 2.52 bits per heavy atom. The summed E-state index contributed by atoms with van der Waals surface area (Å²) in [7, 11) is 0. The quantitative estimate of drug-likeness (QED) is 0.520. The Hall–Kier alpha value is -1.92. The standard InChI is InChI=1S/C15H16N2O3S/c1-10-7-16-14(11(2)15(10)17(19)20)9-21-13-5-3-12(8-18)4-6-13/h3-7,18H,8-9H2,1-2H3. The summed E-state index contributed by atoms with van der Waals surface area (Å²) < 4.78 is 0. The van der Waals surface area contributed by atoms with Crippen molar-refractivity contribution in [1.29, 1.82) is 0 Å². The third-order valence-corrected chi connectivity index (χ3v) is 4.26. The van der Waals surface area contributed by atoms with Gasteiger partial charge in [-0.2, -0.15) is 0 Å². The lowest BCUT2D eigenvalue weighted by Crippen LogP contribution is -2.01. The summed E-state index contributed by atoms with van der Waals surface area (Å²) in [4.78, 5) is 16.1. The van der Waals surface area contributed by atoms with Crippen LogP contribution >= 0.6 is 11.8 Å². The molecule has 0 aliphatic carbocycles. The Morgan fingerprint density at radius 2 is 1.95 bits per heavy atom. The van der Waals surface area contributed by atoms with E-state index >= 15 is 0 Å². The van der Waals surface area contributed by atoms with Crippen molar-refractivity contribution in [2.24, 2.45) is 0 Å². The maximum atomic E-state index is 11.1. The summed E-state index contributed by atoms with van der Waals surface area (Å²) in [5, 5.41) is 20.1. The van der Waals surface area contributed by atoms with Crippen molar-refractivity contribution in [3.8, 4) is 0 Å². The van der Waals surface area contributed by atoms with Gasteiger partial charge >= 0.3 is 0 Å². The van der Waals surface area contributed by atoms with Gasteiger partial charge in [-0.15, -0.1) is 11.8 Å². The first-order valence-electron chi connectivity index (χ1n) is 6.45. The number of nitrogens with zero attached hydrogens (tertiary/aromatic N) is 2. The predicted octanol–water partition coefficient (Wildman–Crippen LogP) is 3.39.